The van der Waals surface area contributed by atoms with Crippen molar-refractivity contribution in [3.8, 4) is 0 Å². The highest BCUT2D eigenvalue weighted by atomic mass is 31.2. The maximum Gasteiger partial charge on any atom is 0.469 e. The van der Waals surface area contributed by atoms with Crippen LogP contribution in [0.25, 0.3) is 0 Å². The third kappa shape index (κ3) is 42.4. The van der Waals surface area contributed by atoms with Crippen LogP contribution in [0.4, 0.5) is 0 Å². The number of rotatable bonds is 38. The first-order valence-electron chi connectivity index (χ1n) is 21.3. The summed E-state index contributed by atoms with van der Waals surface area (Å²) in [6.45, 7) is 3.45. The van der Waals surface area contributed by atoms with Gasteiger partial charge in [-0.1, -0.05) is 157 Å². The summed E-state index contributed by atoms with van der Waals surface area (Å²) in [7, 11) is -4.78. The lowest BCUT2D eigenvalue weighted by Crippen LogP contribution is -2.29. The van der Waals surface area contributed by atoms with Gasteiger partial charge < -0.3 is 24.4 Å². The molecule has 55 heavy (non-hydrogen) atoms. The lowest BCUT2D eigenvalue weighted by molar-refractivity contribution is -0.161. The monoisotopic (exact) mass is 793 g/mol. The number of ether oxygens (including phenoxy) is 2. The highest BCUT2D eigenvalue weighted by Crippen LogP contribution is 2.36. The average molecular weight is 793 g/mol. The van der Waals surface area contributed by atoms with E-state index >= 15 is 0 Å². The standard InChI is InChI=1S/C45H77O9P/c1-3-5-7-8-9-10-11-12-13-14-15-16-17-18-23-26-29-32-35-39-45(48)54-43(41-53-55(49,50)51)40-52-44(47)38-34-31-28-25-22-20-19-21-24-27-30-33-37-42(46)36-6-4-2/h9-10,12-13,19-20,24-25,27-28,33,37,42-43,46H,3-8,11,14-18,21-23,26,29-32,34-36,38-41H2,1-2H3,(H2,49,50,51)/b10-9-,13-12-,20-19-,27-24-,28-25-,37-33-/t42-,43+/m0/s1. The molecule has 0 bridgehead atoms. The molecule has 316 valence electrons. The lowest BCUT2D eigenvalue weighted by Gasteiger charge is -2.18. The van der Waals surface area contributed by atoms with E-state index in [1.165, 1.54) is 57.8 Å². The fourth-order valence-corrected chi connectivity index (χ4v) is 5.89. The van der Waals surface area contributed by atoms with Gasteiger partial charge in [-0.05, 0) is 77.0 Å². The van der Waals surface area contributed by atoms with E-state index in [0.717, 1.165) is 70.6 Å². The van der Waals surface area contributed by atoms with E-state index < -0.39 is 32.5 Å². The van der Waals surface area contributed by atoms with Crippen LogP contribution in [0.15, 0.2) is 72.9 Å². The van der Waals surface area contributed by atoms with Crippen molar-refractivity contribution in [2.45, 2.75) is 187 Å². The van der Waals surface area contributed by atoms with Gasteiger partial charge in [0, 0.05) is 12.8 Å². The number of unbranched alkanes of at least 4 members (excludes halogenated alkanes) is 14. The van der Waals surface area contributed by atoms with Gasteiger partial charge in [0.2, 0.25) is 0 Å². The van der Waals surface area contributed by atoms with Gasteiger partial charge in [0.1, 0.15) is 6.61 Å². The molecule has 0 rings (SSSR count). The number of phosphoric acid groups is 1. The molecule has 0 aromatic carbocycles. The van der Waals surface area contributed by atoms with Crippen LogP contribution in [0.5, 0.6) is 0 Å². The fraction of sp³-hybridized carbons (Fsp3) is 0.689. The van der Waals surface area contributed by atoms with E-state index in [1.807, 2.05) is 24.3 Å². The summed E-state index contributed by atoms with van der Waals surface area (Å²) in [5.41, 5.74) is 0. The van der Waals surface area contributed by atoms with Gasteiger partial charge >= 0.3 is 19.8 Å². The fourth-order valence-electron chi connectivity index (χ4n) is 5.53. The van der Waals surface area contributed by atoms with E-state index in [1.54, 1.807) is 0 Å². The second kappa shape index (κ2) is 39.7. The molecule has 2 atom stereocenters. The van der Waals surface area contributed by atoms with Crippen molar-refractivity contribution in [2.75, 3.05) is 13.2 Å². The minimum Gasteiger partial charge on any atom is -0.462 e. The van der Waals surface area contributed by atoms with Crippen molar-refractivity contribution in [3.63, 3.8) is 0 Å². The summed E-state index contributed by atoms with van der Waals surface area (Å²) in [6, 6.07) is 0. The van der Waals surface area contributed by atoms with E-state index in [2.05, 4.69) is 67.0 Å². The molecule has 0 spiro atoms. The second-order valence-electron chi connectivity index (χ2n) is 14.1. The molecule has 0 saturated heterocycles. The second-order valence-corrected chi connectivity index (χ2v) is 15.4. The Hall–Kier alpha value is -2.55. The number of carbonyl (C=O) groups excluding carboxylic acids is 2. The largest absolute Gasteiger partial charge is 0.469 e. The van der Waals surface area contributed by atoms with Gasteiger partial charge in [-0.15, -0.1) is 0 Å². The van der Waals surface area contributed by atoms with E-state index in [-0.39, 0.29) is 25.6 Å². The topological polar surface area (TPSA) is 140 Å². The van der Waals surface area contributed by atoms with Gasteiger partial charge in [0.25, 0.3) is 0 Å². The maximum atomic E-state index is 12.4. The zero-order chi connectivity index (χ0) is 40.5. The molecule has 0 aliphatic heterocycles. The summed E-state index contributed by atoms with van der Waals surface area (Å²) in [5.74, 6) is -0.982. The molecular formula is C45H77O9P. The highest BCUT2D eigenvalue weighted by Gasteiger charge is 2.22. The minimum absolute atomic E-state index is 0.170. The normalized spacial score (nSPS) is 13.8. The van der Waals surface area contributed by atoms with Crippen LogP contribution in [-0.2, 0) is 28.2 Å². The van der Waals surface area contributed by atoms with Gasteiger partial charge in [0.05, 0.1) is 12.7 Å². The third-order valence-electron chi connectivity index (χ3n) is 8.77. The molecule has 0 aromatic heterocycles. The van der Waals surface area contributed by atoms with Crippen molar-refractivity contribution in [1.29, 1.82) is 0 Å². The van der Waals surface area contributed by atoms with Crippen molar-refractivity contribution < 1.29 is 43.0 Å². The van der Waals surface area contributed by atoms with E-state index in [0.29, 0.717) is 19.3 Å². The molecule has 0 heterocycles. The molecule has 0 unspecified atom stereocenters. The lowest BCUT2D eigenvalue weighted by atomic mass is 10.1. The molecule has 9 nitrogen and oxygen atoms in total. The van der Waals surface area contributed by atoms with Crippen LogP contribution in [0.3, 0.4) is 0 Å². The van der Waals surface area contributed by atoms with Crippen LogP contribution in [0, 0.1) is 0 Å². The van der Waals surface area contributed by atoms with Crippen LogP contribution in [0.1, 0.15) is 174 Å². The predicted octanol–water partition coefficient (Wildman–Crippen LogP) is 12.0. The van der Waals surface area contributed by atoms with Crippen LogP contribution in [0.2, 0.25) is 0 Å². The minimum atomic E-state index is -4.78. The zero-order valence-electron chi connectivity index (χ0n) is 34.4. The Bertz CT molecular complexity index is 1140. The molecule has 0 saturated carbocycles. The Kier molecular flexibility index (Phi) is 37.8. The molecule has 3 N–H and O–H groups in total. The Morgan fingerprint density at radius 1 is 0.545 bits per heavy atom. The first kappa shape index (κ1) is 52.5. The Labute approximate surface area is 334 Å². The van der Waals surface area contributed by atoms with Gasteiger partial charge in [-0.2, -0.15) is 0 Å². The van der Waals surface area contributed by atoms with Gasteiger partial charge in [-0.3, -0.25) is 14.1 Å². The van der Waals surface area contributed by atoms with Gasteiger partial charge in [-0.25, -0.2) is 4.57 Å². The van der Waals surface area contributed by atoms with Crippen LogP contribution >= 0.6 is 7.82 Å². The molecule has 0 amide bonds. The Morgan fingerprint density at radius 3 is 1.55 bits per heavy atom. The number of aliphatic hydroxyl groups is 1. The van der Waals surface area contributed by atoms with Crippen LogP contribution in [-0.4, -0.2) is 52.3 Å². The zero-order valence-corrected chi connectivity index (χ0v) is 35.3. The predicted molar refractivity (Wildman–Crippen MR) is 226 cm³/mol. The highest BCUT2D eigenvalue weighted by molar-refractivity contribution is 7.46. The molecule has 10 heteroatoms. The van der Waals surface area contributed by atoms with Crippen molar-refractivity contribution in [1.82, 2.24) is 0 Å². The molecule has 0 fully saturated rings. The molecule has 0 aliphatic carbocycles. The van der Waals surface area contributed by atoms with Crippen molar-refractivity contribution in [3.05, 3.63) is 72.9 Å². The molecule has 0 aliphatic rings. The summed E-state index contributed by atoms with van der Waals surface area (Å²) >= 11 is 0. The summed E-state index contributed by atoms with van der Waals surface area (Å²) in [5, 5.41) is 9.79. The molecule has 0 radical (unpaired) electrons. The summed E-state index contributed by atoms with van der Waals surface area (Å²) in [4.78, 5) is 42.8. The molecule has 0 aromatic rings. The number of carbonyl (C=O) groups is 2. The van der Waals surface area contributed by atoms with Crippen molar-refractivity contribution in [2.24, 2.45) is 0 Å². The average Bonchev–Trinajstić information content (AvgIpc) is 3.15. The van der Waals surface area contributed by atoms with E-state index in [4.69, 9.17) is 19.3 Å². The Balaban J connectivity index is 4.04. The summed E-state index contributed by atoms with van der Waals surface area (Å²) < 4.78 is 26.3. The number of phosphoric ester groups is 1. The first-order chi connectivity index (χ1) is 26.7. The number of hydrogen-bond acceptors (Lipinski definition) is 7. The quantitative estimate of drug-likeness (QED) is 0.0241. The first-order valence-corrected chi connectivity index (χ1v) is 22.9. The van der Waals surface area contributed by atoms with Gasteiger partial charge in [0.15, 0.2) is 6.10 Å². The Morgan fingerprint density at radius 2 is 1.00 bits per heavy atom. The smallest absolute Gasteiger partial charge is 0.462 e. The SMILES string of the molecule is CCCCC/C=C\C/C=C\CCCCCCCCCCCC(=O)O[C@H](COC(=O)CCC/C=C\C/C=C\C/C=C\C/C=C\[C@@H](O)CCCC)COP(=O)(O)O. The number of hydrogen-bond donors (Lipinski definition) is 3. The third-order valence-corrected chi connectivity index (χ3v) is 9.25. The maximum absolute atomic E-state index is 12.4. The van der Waals surface area contributed by atoms with Crippen molar-refractivity contribution >= 4 is 19.8 Å². The number of esters is 2. The number of allylic oxidation sites excluding steroid dienone is 11. The number of aliphatic hydroxyl groups excluding tert-OH is 1. The van der Waals surface area contributed by atoms with Crippen LogP contribution < -0.4 is 0 Å². The van der Waals surface area contributed by atoms with E-state index in [9.17, 15) is 19.3 Å². The summed E-state index contributed by atoms with van der Waals surface area (Å²) in [6.07, 6.45) is 48.1. The molecular weight excluding hydrogens is 715 g/mol.